The Balaban J connectivity index is 1.67. The number of pyridine rings is 1. The average molecular weight is 456 g/mol. The third-order valence-corrected chi connectivity index (χ3v) is 5.67. The minimum absolute atomic E-state index is 0.109. The van der Waals surface area contributed by atoms with Crippen molar-refractivity contribution in [3.8, 4) is 17.2 Å². The van der Waals surface area contributed by atoms with Crippen molar-refractivity contribution in [2.45, 2.75) is 6.42 Å². The van der Waals surface area contributed by atoms with Crippen LogP contribution in [0.2, 0.25) is 10.0 Å². The van der Waals surface area contributed by atoms with Crippen molar-refractivity contribution >= 4 is 29.0 Å². The van der Waals surface area contributed by atoms with Gasteiger partial charge in [-0.15, -0.1) is 0 Å². The second-order valence-electron chi connectivity index (χ2n) is 7.26. The zero-order chi connectivity index (χ0) is 21.3. The van der Waals surface area contributed by atoms with E-state index < -0.39 is 5.41 Å². The van der Waals surface area contributed by atoms with E-state index in [1.54, 1.807) is 12.1 Å². The highest BCUT2D eigenvalue weighted by atomic mass is 35.5. The Labute approximate surface area is 182 Å². The number of carbonyl (C=O) groups is 1. The van der Waals surface area contributed by atoms with Crippen LogP contribution in [-0.4, -0.2) is 46.1 Å². The van der Waals surface area contributed by atoms with E-state index in [4.69, 9.17) is 46.9 Å². The van der Waals surface area contributed by atoms with Gasteiger partial charge in [0.05, 0.1) is 31.3 Å². The highest BCUT2D eigenvalue weighted by Crippen LogP contribution is 2.44. The summed E-state index contributed by atoms with van der Waals surface area (Å²) < 4.78 is 28.8. The molecule has 0 aliphatic carbocycles. The summed E-state index contributed by atoms with van der Waals surface area (Å²) in [6.45, 7) is 1.59. The van der Waals surface area contributed by atoms with Gasteiger partial charge in [0, 0.05) is 12.0 Å². The Morgan fingerprint density at radius 3 is 2.37 bits per heavy atom. The highest BCUT2D eigenvalue weighted by molar-refractivity contribution is 6.36. The summed E-state index contributed by atoms with van der Waals surface area (Å²) in [5, 5.41) is 11.7. The maximum atomic E-state index is 13.1. The van der Waals surface area contributed by atoms with Crippen molar-refractivity contribution in [3.05, 3.63) is 50.9 Å². The zero-order valence-electron chi connectivity index (χ0n) is 16.1. The van der Waals surface area contributed by atoms with Crippen LogP contribution in [0, 0.1) is 10.6 Å². The van der Waals surface area contributed by atoms with E-state index in [-0.39, 0.29) is 48.0 Å². The molecule has 30 heavy (non-hydrogen) atoms. The van der Waals surface area contributed by atoms with Gasteiger partial charge in [0.1, 0.15) is 30.1 Å². The quantitative estimate of drug-likeness (QED) is 0.397. The minimum atomic E-state index is -0.490. The molecule has 0 saturated carbocycles. The fraction of sp³-hybridized carbons (Fsp3) is 0.400. The number of Topliss-reactive ketones (excluding diaryl/α,β-unsaturated/α-hetero) is 1. The fourth-order valence-corrected chi connectivity index (χ4v) is 4.01. The van der Waals surface area contributed by atoms with Gasteiger partial charge in [-0.3, -0.25) is 4.79 Å². The maximum absolute atomic E-state index is 13.1. The van der Waals surface area contributed by atoms with E-state index in [1.807, 2.05) is 0 Å². The van der Waals surface area contributed by atoms with Crippen molar-refractivity contribution < 1.29 is 33.2 Å². The number of carbonyl (C=O) groups excluding carboxylic acids is 1. The molecule has 160 valence electrons. The van der Waals surface area contributed by atoms with E-state index in [9.17, 15) is 10.0 Å². The number of fused-ring (bicyclic) bond motifs is 1. The molecule has 0 unspecified atom stereocenters. The highest BCUT2D eigenvalue weighted by Gasteiger charge is 2.40. The molecule has 2 aliphatic rings. The summed E-state index contributed by atoms with van der Waals surface area (Å²) in [5.74, 6) is 0.772. The molecule has 3 heterocycles. The smallest absolute Gasteiger partial charge is 0.204 e. The number of rotatable bonds is 4. The molecule has 0 atom stereocenters. The first-order valence-electron chi connectivity index (χ1n) is 9.14. The van der Waals surface area contributed by atoms with E-state index in [0.29, 0.717) is 40.6 Å². The van der Waals surface area contributed by atoms with Crippen LogP contribution in [0.1, 0.15) is 15.9 Å². The molecule has 1 aromatic carbocycles. The van der Waals surface area contributed by atoms with Crippen LogP contribution in [0.5, 0.6) is 17.2 Å². The first-order chi connectivity index (χ1) is 14.4. The van der Waals surface area contributed by atoms with Crippen molar-refractivity contribution in [3.63, 3.8) is 0 Å². The maximum Gasteiger partial charge on any atom is 0.204 e. The molecular weight excluding hydrogens is 437 g/mol. The van der Waals surface area contributed by atoms with Crippen LogP contribution in [0.15, 0.2) is 24.5 Å². The van der Waals surface area contributed by atoms with Crippen molar-refractivity contribution in [1.29, 1.82) is 0 Å². The number of nitrogens with zero attached hydrogens (tertiary/aromatic N) is 1. The lowest BCUT2D eigenvalue weighted by atomic mass is 9.92. The van der Waals surface area contributed by atoms with Crippen LogP contribution in [0.25, 0.3) is 0 Å². The third kappa shape index (κ3) is 4.00. The van der Waals surface area contributed by atoms with Crippen molar-refractivity contribution in [1.82, 2.24) is 0 Å². The summed E-state index contributed by atoms with van der Waals surface area (Å²) in [6.07, 6.45) is 2.19. The number of hydrogen-bond acceptors (Lipinski definition) is 7. The lowest BCUT2D eigenvalue weighted by Crippen LogP contribution is -2.45. The van der Waals surface area contributed by atoms with Gasteiger partial charge in [0.2, 0.25) is 5.75 Å². The van der Waals surface area contributed by atoms with Gasteiger partial charge in [-0.05, 0) is 12.1 Å². The summed E-state index contributed by atoms with van der Waals surface area (Å²) >= 11 is 12.2. The predicted molar refractivity (Wildman–Crippen MR) is 107 cm³/mol. The fourth-order valence-electron chi connectivity index (χ4n) is 3.44. The molecule has 2 aromatic rings. The van der Waals surface area contributed by atoms with E-state index >= 15 is 0 Å². The van der Waals surface area contributed by atoms with Gasteiger partial charge in [-0.1, -0.05) is 23.2 Å². The normalized spacial score (nSPS) is 17.4. The van der Waals surface area contributed by atoms with Crippen LogP contribution >= 0.6 is 23.2 Å². The molecule has 1 spiro atoms. The van der Waals surface area contributed by atoms with E-state index in [0.717, 1.165) is 12.4 Å². The molecule has 0 amide bonds. The standard InChI is InChI=1S/C20H19Cl2NO7/c1-26-17-3-2-12(16(24)4-13-14(21)5-23(25)6-15(13)22)18-19(17)30-10-20(9-29-18)7-27-11-28-8-20/h2-3,5-6H,4,7-11H2,1H3. The third-order valence-electron chi connectivity index (χ3n) is 5.02. The Kier molecular flexibility index (Phi) is 5.92. The van der Waals surface area contributed by atoms with Crippen molar-refractivity contribution in [2.75, 3.05) is 40.3 Å². The predicted octanol–water partition coefficient (Wildman–Crippen LogP) is 2.82. The summed E-state index contributed by atoms with van der Waals surface area (Å²) in [6, 6.07) is 3.24. The molecule has 1 saturated heterocycles. The number of aromatic nitrogens is 1. The van der Waals surface area contributed by atoms with Crippen LogP contribution in [0.4, 0.5) is 0 Å². The second kappa shape index (κ2) is 8.47. The van der Waals surface area contributed by atoms with E-state index in [1.165, 1.54) is 7.11 Å². The molecule has 10 heteroatoms. The molecular formula is C20H19Cl2NO7. The summed E-state index contributed by atoms with van der Waals surface area (Å²) in [5.41, 5.74) is 0.169. The molecule has 2 aliphatic heterocycles. The number of benzene rings is 1. The SMILES string of the molecule is COc1ccc(C(=O)Cc2c(Cl)c[n+]([O-])cc2Cl)c2c1OCC1(COCOC1)CO2. The topological polar surface area (TPSA) is 90.2 Å². The van der Waals surface area contributed by atoms with Crippen LogP contribution in [-0.2, 0) is 15.9 Å². The van der Waals surface area contributed by atoms with E-state index in [2.05, 4.69) is 0 Å². The Morgan fingerprint density at radius 2 is 1.73 bits per heavy atom. The number of methoxy groups -OCH3 is 1. The lowest BCUT2D eigenvalue weighted by Gasteiger charge is -2.33. The second-order valence-corrected chi connectivity index (χ2v) is 8.07. The molecule has 0 N–H and O–H groups in total. The minimum Gasteiger partial charge on any atom is -0.619 e. The van der Waals surface area contributed by atoms with Gasteiger partial charge >= 0.3 is 0 Å². The van der Waals surface area contributed by atoms with Gasteiger partial charge in [-0.25, -0.2) is 0 Å². The average Bonchev–Trinajstić information content (AvgIpc) is 2.91. The summed E-state index contributed by atoms with van der Waals surface area (Å²) in [7, 11) is 1.51. The van der Waals surface area contributed by atoms with Gasteiger partial charge in [0.25, 0.3) is 0 Å². The van der Waals surface area contributed by atoms with Crippen molar-refractivity contribution in [2.24, 2.45) is 5.41 Å². The lowest BCUT2D eigenvalue weighted by molar-refractivity contribution is -0.605. The Bertz CT molecular complexity index is 953. The molecule has 0 radical (unpaired) electrons. The molecule has 1 aromatic heterocycles. The number of ketones is 1. The van der Waals surface area contributed by atoms with Crippen LogP contribution < -0.4 is 18.9 Å². The van der Waals surface area contributed by atoms with Gasteiger partial charge in [0.15, 0.2) is 29.7 Å². The Hall–Kier alpha value is -2.26. The largest absolute Gasteiger partial charge is 0.619 e. The number of hydrogen-bond donors (Lipinski definition) is 0. The molecule has 0 bridgehead atoms. The first kappa shape index (κ1) is 21.0. The summed E-state index contributed by atoms with van der Waals surface area (Å²) in [4.78, 5) is 13.1. The number of halogens is 2. The first-order valence-corrected chi connectivity index (χ1v) is 9.90. The number of ether oxygens (including phenoxy) is 5. The molecule has 8 nitrogen and oxygen atoms in total. The van der Waals surface area contributed by atoms with Crippen LogP contribution in [0.3, 0.4) is 0 Å². The molecule has 1 fully saturated rings. The van der Waals surface area contributed by atoms with Gasteiger partial charge < -0.3 is 28.9 Å². The monoisotopic (exact) mass is 455 g/mol. The zero-order valence-corrected chi connectivity index (χ0v) is 17.6. The molecule has 4 rings (SSSR count). The van der Waals surface area contributed by atoms with Gasteiger partial charge in [-0.2, -0.15) is 4.73 Å². The Morgan fingerprint density at radius 1 is 1.10 bits per heavy atom.